The highest BCUT2D eigenvalue weighted by Crippen LogP contribution is 2.39. The third-order valence-electron chi connectivity index (χ3n) is 7.40. The minimum atomic E-state index is -0.673. The van der Waals surface area contributed by atoms with Crippen LogP contribution in [0.3, 0.4) is 0 Å². The Hall–Kier alpha value is -3.79. The van der Waals surface area contributed by atoms with Crippen molar-refractivity contribution in [3.63, 3.8) is 0 Å². The van der Waals surface area contributed by atoms with Crippen LogP contribution >= 0.6 is 11.6 Å². The maximum atomic E-state index is 13.6. The molecule has 0 atom stereocenters. The Bertz CT molecular complexity index is 1710. The molecule has 41 heavy (non-hydrogen) atoms. The average Bonchev–Trinajstić information content (AvgIpc) is 3.52. The van der Waals surface area contributed by atoms with Gasteiger partial charge in [0, 0.05) is 43.7 Å². The van der Waals surface area contributed by atoms with Gasteiger partial charge in [-0.2, -0.15) is 5.10 Å². The van der Waals surface area contributed by atoms with Crippen molar-refractivity contribution in [2.24, 2.45) is 0 Å². The maximum Gasteiger partial charge on any atom is 0.419 e. The number of benzene rings is 2. The summed E-state index contributed by atoms with van der Waals surface area (Å²) in [4.78, 5) is 18.4. The van der Waals surface area contributed by atoms with Crippen molar-refractivity contribution in [1.29, 1.82) is 0 Å². The lowest BCUT2D eigenvalue weighted by Crippen LogP contribution is -2.45. The first-order chi connectivity index (χ1) is 19.7. The van der Waals surface area contributed by atoms with Crippen molar-refractivity contribution >= 4 is 39.6 Å². The number of piperazine rings is 1. The summed E-state index contributed by atoms with van der Waals surface area (Å²) >= 11 is 7.15. The Morgan fingerprint density at radius 3 is 2.37 bits per heavy atom. The van der Waals surface area contributed by atoms with E-state index >= 15 is 0 Å². The number of hydrogen-bond acceptors (Lipinski definition) is 7. The minimum Gasteiger partial charge on any atom is -0.443 e. The zero-order valence-electron chi connectivity index (χ0n) is 23.8. The SMILES string of the molecule is CN1CCN(CCn2nc(-c3cc4ccccc4n3C(=O)OC(C)(C)C)c3c(Cl)c(-c4ccccc4)nnc32)CC1. The van der Waals surface area contributed by atoms with E-state index in [9.17, 15) is 4.79 Å². The summed E-state index contributed by atoms with van der Waals surface area (Å²) in [5.41, 5.74) is 3.23. The van der Waals surface area contributed by atoms with E-state index in [1.807, 2.05) is 86.1 Å². The summed E-state index contributed by atoms with van der Waals surface area (Å²) in [6.07, 6.45) is -0.477. The van der Waals surface area contributed by atoms with Crippen molar-refractivity contribution in [2.45, 2.75) is 32.9 Å². The van der Waals surface area contributed by atoms with E-state index in [0.717, 1.165) is 49.2 Å². The molecule has 0 unspecified atom stereocenters. The molecule has 6 rings (SSSR count). The third-order valence-corrected chi connectivity index (χ3v) is 7.77. The number of nitrogens with zero attached hydrogens (tertiary/aromatic N) is 7. The number of carbonyl (C=O) groups excluding carboxylic acids is 1. The molecule has 212 valence electrons. The van der Waals surface area contributed by atoms with Gasteiger partial charge in [0.2, 0.25) is 0 Å². The first-order valence-corrected chi connectivity index (χ1v) is 14.3. The largest absolute Gasteiger partial charge is 0.443 e. The van der Waals surface area contributed by atoms with Crippen LogP contribution < -0.4 is 0 Å². The molecule has 0 N–H and O–H groups in total. The van der Waals surface area contributed by atoms with Crippen molar-refractivity contribution in [2.75, 3.05) is 39.8 Å². The molecule has 9 nitrogen and oxygen atoms in total. The molecule has 3 aromatic heterocycles. The van der Waals surface area contributed by atoms with Crippen molar-refractivity contribution in [3.8, 4) is 22.6 Å². The van der Waals surface area contributed by atoms with E-state index in [2.05, 4.69) is 27.0 Å². The van der Waals surface area contributed by atoms with Gasteiger partial charge < -0.3 is 9.64 Å². The van der Waals surface area contributed by atoms with Crippen LogP contribution in [-0.4, -0.2) is 85.8 Å². The number of ether oxygens (including phenoxy) is 1. The van der Waals surface area contributed by atoms with Crippen LogP contribution in [0.1, 0.15) is 20.8 Å². The van der Waals surface area contributed by atoms with Gasteiger partial charge in [0.25, 0.3) is 0 Å². The molecule has 1 fully saturated rings. The average molecular weight is 572 g/mol. The summed E-state index contributed by atoms with van der Waals surface area (Å²) in [5, 5.41) is 16.2. The van der Waals surface area contributed by atoms with E-state index in [0.29, 0.717) is 39.7 Å². The Morgan fingerprint density at radius 1 is 0.927 bits per heavy atom. The predicted molar refractivity (Wildman–Crippen MR) is 162 cm³/mol. The summed E-state index contributed by atoms with van der Waals surface area (Å²) in [5.74, 6) is 0. The van der Waals surface area contributed by atoms with Gasteiger partial charge in [-0.3, -0.25) is 4.90 Å². The van der Waals surface area contributed by atoms with E-state index < -0.39 is 11.7 Å². The van der Waals surface area contributed by atoms with E-state index in [1.54, 1.807) is 4.57 Å². The number of carbonyl (C=O) groups is 1. The Balaban J connectivity index is 1.53. The van der Waals surface area contributed by atoms with Gasteiger partial charge in [-0.25, -0.2) is 14.0 Å². The molecule has 0 saturated carbocycles. The number of para-hydroxylation sites is 1. The normalized spacial score (nSPS) is 15.1. The molecule has 0 aliphatic carbocycles. The zero-order valence-corrected chi connectivity index (χ0v) is 24.6. The number of halogens is 1. The lowest BCUT2D eigenvalue weighted by Gasteiger charge is -2.32. The van der Waals surface area contributed by atoms with Crippen molar-refractivity contribution in [1.82, 2.24) is 34.3 Å². The van der Waals surface area contributed by atoms with Gasteiger partial charge in [-0.1, -0.05) is 60.1 Å². The second-order valence-electron chi connectivity index (χ2n) is 11.5. The molecule has 5 aromatic rings. The van der Waals surface area contributed by atoms with Gasteiger partial charge in [0.1, 0.15) is 17.0 Å². The van der Waals surface area contributed by atoms with Crippen LogP contribution in [0.25, 0.3) is 44.6 Å². The second-order valence-corrected chi connectivity index (χ2v) is 11.9. The standard InChI is InChI=1S/C31H34ClN7O2/c1-31(2,3)41-30(40)39-23-13-9-8-12-22(23)20-24(39)28-25-26(32)27(21-10-6-5-7-11-21)33-34-29(25)38(35-28)19-18-37-16-14-36(4)15-17-37/h5-13,20H,14-19H2,1-4H3. The highest BCUT2D eigenvalue weighted by atomic mass is 35.5. The van der Waals surface area contributed by atoms with Gasteiger partial charge in [-0.05, 0) is 40.0 Å². The fourth-order valence-electron chi connectivity index (χ4n) is 5.27. The smallest absolute Gasteiger partial charge is 0.419 e. The van der Waals surface area contributed by atoms with Gasteiger partial charge >= 0.3 is 6.09 Å². The predicted octanol–water partition coefficient (Wildman–Crippen LogP) is 5.80. The molecule has 1 aliphatic rings. The lowest BCUT2D eigenvalue weighted by atomic mass is 10.1. The maximum absolute atomic E-state index is 13.6. The van der Waals surface area contributed by atoms with Gasteiger partial charge in [0.15, 0.2) is 5.65 Å². The van der Waals surface area contributed by atoms with Crippen LogP contribution in [-0.2, 0) is 11.3 Å². The molecule has 1 aliphatic heterocycles. The molecule has 10 heteroatoms. The summed E-state index contributed by atoms with van der Waals surface area (Å²) < 4.78 is 9.31. The Kier molecular flexibility index (Phi) is 7.27. The first-order valence-electron chi connectivity index (χ1n) is 13.9. The summed E-state index contributed by atoms with van der Waals surface area (Å²) in [6.45, 7) is 11.1. The van der Waals surface area contributed by atoms with Crippen LogP contribution in [0.2, 0.25) is 5.02 Å². The van der Waals surface area contributed by atoms with Gasteiger partial charge in [-0.15, -0.1) is 10.2 Å². The third kappa shape index (κ3) is 5.45. The van der Waals surface area contributed by atoms with E-state index in [4.69, 9.17) is 21.4 Å². The van der Waals surface area contributed by atoms with Crippen molar-refractivity contribution in [3.05, 3.63) is 65.7 Å². The summed E-state index contributed by atoms with van der Waals surface area (Å²) in [6, 6.07) is 19.4. The molecule has 0 radical (unpaired) electrons. The number of rotatable bonds is 5. The number of hydrogen-bond donors (Lipinski definition) is 0. The Morgan fingerprint density at radius 2 is 1.63 bits per heavy atom. The van der Waals surface area contributed by atoms with E-state index in [-0.39, 0.29) is 0 Å². The zero-order chi connectivity index (χ0) is 28.7. The molecule has 0 spiro atoms. The van der Waals surface area contributed by atoms with Crippen LogP contribution in [0.5, 0.6) is 0 Å². The molecular weight excluding hydrogens is 538 g/mol. The minimum absolute atomic E-state index is 0.447. The lowest BCUT2D eigenvalue weighted by molar-refractivity contribution is 0.0547. The van der Waals surface area contributed by atoms with Crippen LogP contribution in [0.15, 0.2) is 60.7 Å². The topological polar surface area (TPSA) is 81.3 Å². The number of aromatic nitrogens is 5. The molecule has 0 bridgehead atoms. The molecule has 1 saturated heterocycles. The molecule has 2 aromatic carbocycles. The van der Waals surface area contributed by atoms with Crippen LogP contribution in [0.4, 0.5) is 4.79 Å². The molecule has 4 heterocycles. The summed E-state index contributed by atoms with van der Waals surface area (Å²) in [7, 11) is 2.15. The number of likely N-dealkylation sites (N-methyl/N-ethyl adjacent to an activating group) is 1. The molecule has 0 amide bonds. The van der Waals surface area contributed by atoms with Gasteiger partial charge in [0.05, 0.1) is 28.2 Å². The molecular formula is C31H34ClN7O2. The Labute approximate surface area is 244 Å². The highest BCUT2D eigenvalue weighted by Gasteiger charge is 2.28. The van der Waals surface area contributed by atoms with Crippen molar-refractivity contribution < 1.29 is 9.53 Å². The first kappa shape index (κ1) is 27.4. The highest BCUT2D eigenvalue weighted by molar-refractivity contribution is 6.38. The number of fused-ring (bicyclic) bond motifs is 2. The quantitative estimate of drug-likeness (QED) is 0.264. The van der Waals surface area contributed by atoms with E-state index in [1.165, 1.54) is 0 Å². The van der Waals surface area contributed by atoms with Crippen LogP contribution in [0, 0.1) is 0 Å². The monoisotopic (exact) mass is 571 g/mol. The fraction of sp³-hybridized carbons (Fsp3) is 0.355. The fourth-order valence-corrected chi connectivity index (χ4v) is 5.59. The second kappa shape index (κ2) is 10.9.